The predicted octanol–water partition coefficient (Wildman–Crippen LogP) is 4.03. The molecule has 2 aliphatic heterocycles. The SMILES string of the molecule is C/C(=C\c1ccco1)CN1CCC2(CC1)C(=O)N(Cc1ccccn1)C(=O)N2CC(C)C. The molecule has 2 aromatic heterocycles. The van der Waals surface area contributed by atoms with Gasteiger partial charge in [-0.3, -0.25) is 19.6 Å². The maximum absolute atomic E-state index is 13.6. The number of furan rings is 1. The summed E-state index contributed by atoms with van der Waals surface area (Å²) in [5.74, 6) is 1.06. The van der Waals surface area contributed by atoms with Crippen LogP contribution >= 0.6 is 0 Å². The van der Waals surface area contributed by atoms with Crippen LogP contribution in [0.5, 0.6) is 0 Å². The Morgan fingerprint density at radius 3 is 2.59 bits per heavy atom. The molecule has 2 aliphatic rings. The van der Waals surface area contributed by atoms with Crippen LogP contribution in [0.1, 0.15) is 45.1 Å². The molecule has 0 saturated carbocycles. The van der Waals surface area contributed by atoms with E-state index in [1.54, 1.807) is 12.5 Å². The Kier molecular flexibility index (Phi) is 6.46. The first kappa shape index (κ1) is 22.3. The van der Waals surface area contributed by atoms with E-state index >= 15 is 0 Å². The highest BCUT2D eigenvalue weighted by atomic mass is 16.3. The Hall–Kier alpha value is -2.93. The zero-order valence-corrected chi connectivity index (χ0v) is 19.2. The summed E-state index contributed by atoms with van der Waals surface area (Å²) in [5, 5.41) is 0. The van der Waals surface area contributed by atoms with E-state index in [1.807, 2.05) is 41.3 Å². The van der Waals surface area contributed by atoms with Crippen LogP contribution in [-0.2, 0) is 11.3 Å². The fourth-order valence-electron chi connectivity index (χ4n) is 4.77. The first-order valence-corrected chi connectivity index (χ1v) is 11.4. The maximum Gasteiger partial charge on any atom is 0.328 e. The van der Waals surface area contributed by atoms with Crippen LogP contribution in [0.15, 0.2) is 52.8 Å². The van der Waals surface area contributed by atoms with E-state index in [9.17, 15) is 9.59 Å². The molecule has 170 valence electrons. The number of hydrogen-bond donors (Lipinski definition) is 0. The van der Waals surface area contributed by atoms with Crippen LogP contribution in [0.2, 0.25) is 0 Å². The van der Waals surface area contributed by atoms with Crippen LogP contribution in [0.3, 0.4) is 0 Å². The van der Waals surface area contributed by atoms with Gasteiger partial charge in [0.1, 0.15) is 11.3 Å². The van der Waals surface area contributed by atoms with Crippen molar-refractivity contribution in [2.24, 2.45) is 5.92 Å². The summed E-state index contributed by atoms with van der Waals surface area (Å²) in [5.41, 5.74) is 1.19. The second-order valence-electron chi connectivity index (χ2n) is 9.31. The summed E-state index contributed by atoms with van der Waals surface area (Å²) < 4.78 is 5.41. The molecule has 2 aromatic rings. The molecule has 0 radical (unpaired) electrons. The minimum atomic E-state index is -0.745. The van der Waals surface area contributed by atoms with Crippen molar-refractivity contribution in [3.05, 3.63) is 59.8 Å². The van der Waals surface area contributed by atoms with Gasteiger partial charge in [0.05, 0.1) is 18.5 Å². The molecular formula is C25H32N4O3. The van der Waals surface area contributed by atoms with Crippen molar-refractivity contribution in [1.29, 1.82) is 0 Å². The quantitative estimate of drug-likeness (QED) is 0.613. The molecule has 2 fully saturated rings. The Morgan fingerprint density at radius 2 is 1.97 bits per heavy atom. The highest BCUT2D eigenvalue weighted by molar-refractivity contribution is 6.07. The summed E-state index contributed by atoms with van der Waals surface area (Å²) >= 11 is 0. The number of urea groups is 1. The molecule has 4 rings (SSSR count). The van der Waals surface area contributed by atoms with Gasteiger partial charge in [0.15, 0.2) is 0 Å². The molecule has 0 N–H and O–H groups in total. The second kappa shape index (κ2) is 9.28. The van der Waals surface area contributed by atoms with E-state index in [0.29, 0.717) is 19.4 Å². The Balaban J connectivity index is 1.48. The van der Waals surface area contributed by atoms with Gasteiger partial charge in [0.2, 0.25) is 0 Å². The summed E-state index contributed by atoms with van der Waals surface area (Å²) in [6.07, 6.45) is 6.72. The van der Waals surface area contributed by atoms with Gasteiger partial charge in [-0.05, 0) is 56.0 Å². The monoisotopic (exact) mass is 436 g/mol. The first-order chi connectivity index (χ1) is 15.4. The molecule has 4 heterocycles. The summed E-state index contributed by atoms with van der Waals surface area (Å²) in [6, 6.07) is 9.21. The smallest absolute Gasteiger partial charge is 0.328 e. The van der Waals surface area contributed by atoms with Crippen molar-refractivity contribution >= 4 is 18.0 Å². The van der Waals surface area contributed by atoms with Gasteiger partial charge in [-0.15, -0.1) is 0 Å². The Bertz CT molecular complexity index is 960. The van der Waals surface area contributed by atoms with Crippen molar-refractivity contribution in [2.75, 3.05) is 26.2 Å². The number of carbonyl (C=O) groups is 2. The molecule has 2 saturated heterocycles. The van der Waals surface area contributed by atoms with Gasteiger partial charge < -0.3 is 9.32 Å². The first-order valence-electron chi connectivity index (χ1n) is 11.4. The number of likely N-dealkylation sites (tertiary alicyclic amines) is 1. The van der Waals surface area contributed by atoms with Gasteiger partial charge >= 0.3 is 6.03 Å². The van der Waals surface area contributed by atoms with E-state index in [4.69, 9.17) is 4.42 Å². The molecule has 3 amide bonds. The molecule has 0 bridgehead atoms. The summed E-state index contributed by atoms with van der Waals surface area (Å²) in [6.45, 7) is 9.44. The van der Waals surface area contributed by atoms with Gasteiger partial charge in [0.25, 0.3) is 5.91 Å². The van der Waals surface area contributed by atoms with Gasteiger partial charge in [0, 0.05) is 32.4 Å². The van der Waals surface area contributed by atoms with E-state index in [2.05, 4.69) is 30.7 Å². The minimum Gasteiger partial charge on any atom is -0.465 e. The number of piperidine rings is 1. The van der Waals surface area contributed by atoms with Gasteiger partial charge in [-0.2, -0.15) is 0 Å². The number of carbonyl (C=O) groups excluding carboxylic acids is 2. The third-order valence-corrected chi connectivity index (χ3v) is 6.30. The zero-order chi connectivity index (χ0) is 22.7. The summed E-state index contributed by atoms with van der Waals surface area (Å²) in [4.78, 5) is 36.9. The zero-order valence-electron chi connectivity index (χ0n) is 19.2. The number of rotatable bonds is 7. The van der Waals surface area contributed by atoms with Gasteiger partial charge in [-0.25, -0.2) is 4.79 Å². The number of hydrogen-bond acceptors (Lipinski definition) is 5. The Morgan fingerprint density at radius 1 is 1.19 bits per heavy atom. The second-order valence-corrected chi connectivity index (χ2v) is 9.31. The Labute approximate surface area is 189 Å². The maximum atomic E-state index is 13.6. The van der Waals surface area contributed by atoms with Crippen molar-refractivity contribution in [3.63, 3.8) is 0 Å². The minimum absolute atomic E-state index is 0.0729. The van der Waals surface area contributed by atoms with Crippen LogP contribution in [0, 0.1) is 5.92 Å². The van der Waals surface area contributed by atoms with Crippen LogP contribution < -0.4 is 0 Å². The topological polar surface area (TPSA) is 69.9 Å². The fraction of sp³-hybridized carbons (Fsp3) is 0.480. The fourth-order valence-corrected chi connectivity index (χ4v) is 4.77. The lowest BCUT2D eigenvalue weighted by molar-refractivity contribution is -0.136. The third-order valence-electron chi connectivity index (χ3n) is 6.30. The van der Waals surface area contributed by atoms with Gasteiger partial charge in [-0.1, -0.05) is 25.5 Å². The average molecular weight is 437 g/mol. The molecule has 0 aromatic carbocycles. The van der Waals surface area contributed by atoms with Crippen LogP contribution in [0.25, 0.3) is 6.08 Å². The number of aromatic nitrogens is 1. The lowest BCUT2D eigenvalue weighted by Crippen LogP contribution is -2.57. The molecule has 0 aliphatic carbocycles. The number of imide groups is 1. The highest BCUT2D eigenvalue weighted by Gasteiger charge is 2.57. The van der Waals surface area contributed by atoms with Crippen LogP contribution in [-0.4, -0.2) is 63.3 Å². The van der Waals surface area contributed by atoms with E-state index in [0.717, 1.165) is 31.1 Å². The van der Waals surface area contributed by atoms with Crippen molar-refractivity contribution in [2.45, 2.75) is 45.7 Å². The van der Waals surface area contributed by atoms with Crippen molar-refractivity contribution in [3.8, 4) is 0 Å². The lowest BCUT2D eigenvalue weighted by Gasteiger charge is -2.42. The standard InChI is InChI=1S/C25H32N4O3/c1-19(2)16-29-24(31)28(18-21-7-4-5-11-26-21)23(30)25(29)9-12-27(13-10-25)17-20(3)15-22-8-6-14-32-22/h4-8,11,14-15,19H,9-10,12-13,16-18H2,1-3H3/b20-15+. The molecule has 7 nitrogen and oxygen atoms in total. The third kappa shape index (κ3) is 4.48. The molecule has 32 heavy (non-hydrogen) atoms. The summed E-state index contributed by atoms with van der Waals surface area (Å²) in [7, 11) is 0. The molecule has 7 heteroatoms. The number of nitrogens with zero attached hydrogens (tertiary/aromatic N) is 4. The normalized spacial score (nSPS) is 19.6. The van der Waals surface area contributed by atoms with E-state index in [-0.39, 0.29) is 24.4 Å². The molecular weight excluding hydrogens is 404 g/mol. The average Bonchev–Trinajstić information content (AvgIpc) is 3.34. The van der Waals surface area contributed by atoms with Crippen molar-refractivity contribution < 1.29 is 14.0 Å². The lowest BCUT2D eigenvalue weighted by atomic mass is 9.85. The van der Waals surface area contributed by atoms with E-state index < -0.39 is 5.54 Å². The van der Waals surface area contributed by atoms with Crippen LogP contribution in [0.4, 0.5) is 4.79 Å². The largest absolute Gasteiger partial charge is 0.465 e. The van der Waals surface area contributed by atoms with E-state index in [1.165, 1.54) is 10.5 Å². The molecule has 0 atom stereocenters. The van der Waals surface area contributed by atoms with Crippen molar-refractivity contribution in [1.82, 2.24) is 19.7 Å². The highest BCUT2D eigenvalue weighted by Crippen LogP contribution is 2.38. The number of pyridine rings is 1. The molecule has 0 unspecified atom stereocenters. The number of amides is 3. The molecule has 1 spiro atoms. The predicted molar refractivity (Wildman–Crippen MR) is 122 cm³/mol.